The molecule has 1 aromatic carbocycles. The Morgan fingerprint density at radius 1 is 1.36 bits per heavy atom. The molecule has 1 rings (SSSR count). The molecule has 0 bridgehead atoms. The maximum Gasteiger partial charge on any atom is 0.269 e. The van der Waals surface area contributed by atoms with Crippen molar-refractivity contribution in [2.75, 3.05) is 0 Å². The van der Waals surface area contributed by atoms with Crippen molar-refractivity contribution < 1.29 is 9.72 Å². The Morgan fingerprint density at radius 2 is 1.93 bits per heavy atom. The van der Waals surface area contributed by atoms with Crippen molar-refractivity contribution in [1.82, 2.24) is 0 Å². The van der Waals surface area contributed by atoms with E-state index in [2.05, 4.69) is 0 Å². The molecular weight excluding hydrogens is 184 g/mol. The molecule has 0 atom stereocenters. The van der Waals surface area contributed by atoms with Gasteiger partial charge in [-0.25, -0.2) is 0 Å². The van der Waals surface area contributed by atoms with Crippen LogP contribution in [0.15, 0.2) is 24.3 Å². The van der Waals surface area contributed by atoms with Gasteiger partial charge in [0.05, 0.1) is 4.92 Å². The van der Waals surface area contributed by atoms with Crippen molar-refractivity contribution in [3.05, 3.63) is 39.9 Å². The van der Waals surface area contributed by atoms with Gasteiger partial charge < -0.3 is 5.73 Å². The van der Waals surface area contributed by atoms with Crippen LogP contribution >= 0.6 is 0 Å². The lowest BCUT2D eigenvalue weighted by atomic mass is 10.1. The minimum atomic E-state index is -0.460. The van der Waals surface area contributed by atoms with Crippen molar-refractivity contribution in [3.8, 4) is 0 Å². The lowest BCUT2D eigenvalue weighted by Crippen LogP contribution is -2.11. The number of nitrogens with two attached hydrogens (primary N) is 1. The third-order valence-electron chi connectivity index (χ3n) is 1.81. The molecule has 0 unspecified atom stereocenters. The standard InChI is InChI=1S/C9H10N2O3/c10-9(12)6-3-7-1-4-8(5-2-7)11(13)14/h1-2,4-5H,3,6H2,(H2,10,12). The van der Waals surface area contributed by atoms with Crippen LogP contribution in [0.4, 0.5) is 5.69 Å². The molecule has 0 aliphatic heterocycles. The van der Waals surface area contributed by atoms with E-state index in [1.165, 1.54) is 12.1 Å². The number of hydrogen-bond acceptors (Lipinski definition) is 3. The number of hydrogen-bond donors (Lipinski definition) is 1. The van der Waals surface area contributed by atoms with Gasteiger partial charge in [-0.1, -0.05) is 12.1 Å². The average Bonchev–Trinajstić information content (AvgIpc) is 2.15. The van der Waals surface area contributed by atoms with E-state index in [0.717, 1.165) is 5.56 Å². The highest BCUT2D eigenvalue weighted by atomic mass is 16.6. The summed E-state index contributed by atoms with van der Waals surface area (Å²) in [7, 11) is 0. The molecule has 1 aromatic rings. The summed E-state index contributed by atoms with van der Waals surface area (Å²) >= 11 is 0. The van der Waals surface area contributed by atoms with E-state index in [-0.39, 0.29) is 18.0 Å². The number of amides is 1. The number of carbonyl (C=O) groups excluding carboxylic acids is 1. The Hall–Kier alpha value is -1.91. The predicted octanol–water partition coefficient (Wildman–Crippen LogP) is 1.01. The van der Waals surface area contributed by atoms with Gasteiger partial charge in [0.2, 0.25) is 5.91 Å². The lowest BCUT2D eigenvalue weighted by Gasteiger charge is -1.97. The van der Waals surface area contributed by atoms with Gasteiger partial charge in [-0.2, -0.15) is 0 Å². The molecule has 1 amide bonds. The van der Waals surface area contributed by atoms with E-state index in [9.17, 15) is 14.9 Å². The molecule has 5 heteroatoms. The largest absolute Gasteiger partial charge is 0.370 e. The van der Waals surface area contributed by atoms with E-state index >= 15 is 0 Å². The van der Waals surface area contributed by atoms with Gasteiger partial charge in [0.15, 0.2) is 0 Å². The molecule has 74 valence electrons. The zero-order chi connectivity index (χ0) is 10.6. The smallest absolute Gasteiger partial charge is 0.269 e. The van der Waals surface area contributed by atoms with E-state index in [1.54, 1.807) is 12.1 Å². The molecule has 14 heavy (non-hydrogen) atoms. The number of benzene rings is 1. The SMILES string of the molecule is NC(=O)CCc1ccc([N+](=O)[O-])cc1. The first kappa shape index (κ1) is 10.2. The first-order valence-corrected chi connectivity index (χ1v) is 4.11. The molecule has 5 nitrogen and oxygen atoms in total. The van der Waals surface area contributed by atoms with Crippen LogP contribution in [0, 0.1) is 10.1 Å². The summed E-state index contributed by atoms with van der Waals surface area (Å²) < 4.78 is 0. The number of carbonyl (C=O) groups is 1. The van der Waals surface area contributed by atoms with Crippen LogP contribution < -0.4 is 5.73 Å². The van der Waals surface area contributed by atoms with Gasteiger partial charge in [-0.05, 0) is 12.0 Å². The highest BCUT2D eigenvalue weighted by molar-refractivity contribution is 5.74. The summed E-state index contributed by atoms with van der Waals surface area (Å²) in [5, 5.41) is 10.3. The summed E-state index contributed by atoms with van der Waals surface area (Å²) in [5.41, 5.74) is 5.89. The van der Waals surface area contributed by atoms with Crippen LogP contribution in [0.25, 0.3) is 0 Å². The van der Waals surface area contributed by atoms with Crippen LogP contribution in [0.3, 0.4) is 0 Å². The zero-order valence-electron chi connectivity index (χ0n) is 7.47. The number of aryl methyl sites for hydroxylation is 1. The Kier molecular flexibility index (Phi) is 3.17. The molecule has 2 N–H and O–H groups in total. The first-order valence-electron chi connectivity index (χ1n) is 4.11. The van der Waals surface area contributed by atoms with Crippen molar-refractivity contribution in [3.63, 3.8) is 0 Å². The summed E-state index contributed by atoms with van der Waals surface area (Å²) in [6.07, 6.45) is 0.783. The number of nitro groups is 1. The van der Waals surface area contributed by atoms with Gasteiger partial charge in [0, 0.05) is 18.6 Å². The molecule has 0 radical (unpaired) electrons. The van der Waals surface area contributed by atoms with Crippen LogP contribution in [0.5, 0.6) is 0 Å². The summed E-state index contributed by atoms with van der Waals surface area (Å²) in [6.45, 7) is 0. The third-order valence-corrected chi connectivity index (χ3v) is 1.81. The Labute approximate surface area is 80.7 Å². The third kappa shape index (κ3) is 2.85. The maximum atomic E-state index is 10.5. The summed E-state index contributed by atoms with van der Waals surface area (Å²) in [4.78, 5) is 20.3. The van der Waals surface area contributed by atoms with Crippen molar-refractivity contribution in [1.29, 1.82) is 0 Å². The predicted molar refractivity (Wildman–Crippen MR) is 50.6 cm³/mol. The van der Waals surface area contributed by atoms with E-state index in [4.69, 9.17) is 5.73 Å². The molecule has 0 fully saturated rings. The summed E-state index contributed by atoms with van der Waals surface area (Å²) in [5.74, 6) is -0.372. The Balaban J connectivity index is 2.64. The number of nitrogens with zero attached hydrogens (tertiary/aromatic N) is 1. The fourth-order valence-corrected chi connectivity index (χ4v) is 1.05. The molecular formula is C9H10N2O3. The molecule has 0 heterocycles. The fourth-order valence-electron chi connectivity index (χ4n) is 1.05. The number of primary amides is 1. The first-order chi connectivity index (χ1) is 6.59. The normalized spacial score (nSPS) is 9.71. The monoisotopic (exact) mass is 194 g/mol. The minimum absolute atomic E-state index is 0.0489. The van der Waals surface area contributed by atoms with Gasteiger partial charge in [-0.3, -0.25) is 14.9 Å². The summed E-state index contributed by atoms with van der Waals surface area (Å²) in [6, 6.07) is 6.08. The number of rotatable bonds is 4. The Morgan fingerprint density at radius 3 is 2.36 bits per heavy atom. The van der Waals surface area contributed by atoms with Gasteiger partial charge in [0.25, 0.3) is 5.69 Å². The zero-order valence-corrected chi connectivity index (χ0v) is 7.47. The van der Waals surface area contributed by atoms with E-state index in [0.29, 0.717) is 6.42 Å². The van der Waals surface area contributed by atoms with E-state index in [1.807, 2.05) is 0 Å². The molecule has 0 aromatic heterocycles. The van der Waals surface area contributed by atoms with Crippen LogP contribution in [-0.4, -0.2) is 10.8 Å². The molecule has 0 aliphatic carbocycles. The van der Waals surface area contributed by atoms with Crippen LogP contribution in [0.2, 0.25) is 0 Å². The highest BCUT2D eigenvalue weighted by Crippen LogP contribution is 2.12. The van der Waals surface area contributed by atoms with E-state index < -0.39 is 4.92 Å². The average molecular weight is 194 g/mol. The molecule has 0 spiro atoms. The van der Waals surface area contributed by atoms with Crippen molar-refractivity contribution in [2.24, 2.45) is 5.73 Å². The maximum absolute atomic E-state index is 10.5. The highest BCUT2D eigenvalue weighted by Gasteiger charge is 2.04. The second-order valence-electron chi connectivity index (χ2n) is 2.89. The van der Waals surface area contributed by atoms with Gasteiger partial charge in [0.1, 0.15) is 0 Å². The molecule has 0 saturated carbocycles. The van der Waals surface area contributed by atoms with Crippen molar-refractivity contribution in [2.45, 2.75) is 12.8 Å². The van der Waals surface area contributed by atoms with Crippen molar-refractivity contribution >= 4 is 11.6 Å². The van der Waals surface area contributed by atoms with Crippen LogP contribution in [-0.2, 0) is 11.2 Å². The number of nitro benzene ring substituents is 1. The van der Waals surface area contributed by atoms with Gasteiger partial charge >= 0.3 is 0 Å². The quantitative estimate of drug-likeness (QED) is 0.573. The lowest BCUT2D eigenvalue weighted by molar-refractivity contribution is -0.384. The molecule has 0 aliphatic rings. The fraction of sp³-hybridized carbons (Fsp3) is 0.222. The molecule has 0 saturated heterocycles. The second kappa shape index (κ2) is 4.36. The van der Waals surface area contributed by atoms with Gasteiger partial charge in [-0.15, -0.1) is 0 Å². The van der Waals surface area contributed by atoms with Crippen LogP contribution in [0.1, 0.15) is 12.0 Å². The topological polar surface area (TPSA) is 86.2 Å². The Bertz CT molecular complexity index is 346. The minimum Gasteiger partial charge on any atom is -0.370 e. The second-order valence-corrected chi connectivity index (χ2v) is 2.89. The number of non-ortho nitro benzene ring substituents is 1.